The fourth-order valence-corrected chi connectivity index (χ4v) is 2.25. The molecule has 0 aromatic heterocycles. The van der Waals surface area contributed by atoms with Crippen molar-refractivity contribution in [2.45, 2.75) is 37.0 Å². The maximum absolute atomic E-state index is 5.90. The number of thiol groups is 2. The van der Waals surface area contributed by atoms with E-state index >= 15 is 0 Å². The van der Waals surface area contributed by atoms with E-state index in [0.29, 0.717) is 0 Å². The second kappa shape index (κ2) is 3.84. The number of anilines is 1. The van der Waals surface area contributed by atoms with E-state index < -0.39 is 0 Å². The van der Waals surface area contributed by atoms with E-state index in [1.54, 1.807) is 0 Å². The first-order valence-electron chi connectivity index (χ1n) is 4.30. The second-order valence-electron chi connectivity index (χ2n) is 3.19. The van der Waals surface area contributed by atoms with Crippen LogP contribution < -0.4 is 5.73 Å². The molecule has 1 aromatic carbocycles. The summed E-state index contributed by atoms with van der Waals surface area (Å²) in [6, 6.07) is 0. The summed E-state index contributed by atoms with van der Waals surface area (Å²) in [5.41, 5.74) is 10.1. The monoisotopic (exact) mass is 213 g/mol. The van der Waals surface area contributed by atoms with Crippen molar-refractivity contribution >= 4 is 30.9 Å². The lowest BCUT2D eigenvalue weighted by Crippen LogP contribution is -2.00. The van der Waals surface area contributed by atoms with Crippen molar-refractivity contribution in [3.8, 4) is 0 Å². The third kappa shape index (κ3) is 1.67. The lowest BCUT2D eigenvalue weighted by Gasteiger charge is -2.15. The standard InChI is InChI=1S/C10H15NS2/c1-4-7-5(2)9(12)6(3)8(11)10(7)13/h12-13H,4,11H2,1-3H3. The lowest BCUT2D eigenvalue weighted by atomic mass is 10.0. The van der Waals surface area contributed by atoms with Crippen molar-refractivity contribution in [1.82, 2.24) is 0 Å². The van der Waals surface area contributed by atoms with Crippen molar-refractivity contribution in [2.24, 2.45) is 0 Å². The molecule has 0 bridgehead atoms. The van der Waals surface area contributed by atoms with Gasteiger partial charge in [-0.15, -0.1) is 25.3 Å². The zero-order chi connectivity index (χ0) is 10.2. The van der Waals surface area contributed by atoms with Gasteiger partial charge in [0.25, 0.3) is 0 Å². The highest BCUT2D eigenvalue weighted by Gasteiger charge is 2.11. The zero-order valence-corrected chi connectivity index (χ0v) is 9.97. The first-order chi connectivity index (χ1) is 6.00. The van der Waals surface area contributed by atoms with E-state index in [0.717, 1.165) is 27.5 Å². The molecule has 3 heteroatoms. The van der Waals surface area contributed by atoms with Gasteiger partial charge in [0.2, 0.25) is 0 Å². The molecule has 0 aliphatic heterocycles. The molecule has 1 aromatic rings. The Morgan fingerprint density at radius 1 is 1.08 bits per heavy atom. The molecule has 0 aliphatic carbocycles. The van der Waals surface area contributed by atoms with Crippen LogP contribution in [0.1, 0.15) is 23.6 Å². The first-order valence-corrected chi connectivity index (χ1v) is 5.19. The molecule has 13 heavy (non-hydrogen) atoms. The molecule has 1 rings (SSSR count). The fourth-order valence-electron chi connectivity index (χ4n) is 1.50. The minimum Gasteiger partial charge on any atom is -0.398 e. The molecule has 0 saturated heterocycles. The predicted molar refractivity (Wildman–Crippen MR) is 64.2 cm³/mol. The van der Waals surface area contributed by atoms with Gasteiger partial charge in [-0.3, -0.25) is 0 Å². The SMILES string of the molecule is CCc1c(C)c(S)c(C)c(N)c1S. The Morgan fingerprint density at radius 3 is 2.08 bits per heavy atom. The largest absolute Gasteiger partial charge is 0.398 e. The van der Waals surface area contributed by atoms with Gasteiger partial charge >= 0.3 is 0 Å². The summed E-state index contributed by atoms with van der Waals surface area (Å²) in [6.45, 7) is 6.14. The molecule has 0 atom stereocenters. The van der Waals surface area contributed by atoms with Crippen LogP contribution in [0.5, 0.6) is 0 Å². The first kappa shape index (κ1) is 10.8. The molecule has 0 fully saturated rings. The molecule has 1 nitrogen and oxygen atoms in total. The van der Waals surface area contributed by atoms with Gasteiger partial charge in [0, 0.05) is 15.5 Å². The van der Waals surface area contributed by atoms with Crippen LogP contribution >= 0.6 is 25.3 Å². The number of nitrogen functional groups attached to an aromatic ring is 1. The highest BCUT2D eigenvalue weighted by Crippen LogP contribution is 2.34. The van der Waals surface area contributed by atoms with Crippen molar-refractivity contribution in [3.63, 3.8) is 0 Å². The van der Waals surface area contributed by atoms with Crippen LogP contribution in [0, 0.1) is 13.8 Å². The Kier molecular flexibility index (Phi) is 3.19. The summed E-state index contributed by atoms with van der Waals surface area (Å²) in [4.78, 5) is 1.91. The second-order valence-corrected chi connectivity index (χ2v) is 4.09. The predicted octanol–water partition coefficient (Wildman–Crippen LogP) is 3.03. The van der Waals surface area contributed by atoms with E-state index in [9.17, 15) is 0 Å². The Hall–Kier alpha value is -0.280. The van der Waals surface area contributed by atoms with Crippen LogP contribution in [0.3, 0.4) is 0 Å². The van der Waals surface area contributed by atoms with Gasteiger partial charge in [0.05, 0.1) is 0 Å². The number of hydrogen-bond acceptors (Lipinski definition) is 3. The van der Waals surface area contributed by atoms with Gasteiger partial charge in [0.1, 0.15) is 0 Å². The summed E-state index contributed by atoms with van der Waals surface area (Å²) in [6.07, 6.45) is 0.947. The Morgan fingerprint density at radius 2 is 1.62 bits per heavy atom. The van der Waals surface area contributed by atoms with E-state index in [-0.39, 0.29) is 0 Å². The average Bonchev–Trinajstić information content (AvgIpc) is 2.13. The van der Waals surface area contributed by atoms with E-state index in [2.05, 4.69) is 39.1 Å². The van der Waals surface area contributed by atoms with Crippen molar-refractivity contribution < 1.29 is 0 Å². The summed E-state index contributed by atoms with van der Waals surface area (Å²) in [5.74, 6) is 0. The summed E-state index contributed by atoms with van der Waals surface area (Å²) < 4.78 is 0. The van der Waals surface area contributed by atoms with Crippen LogP contribution in [0.15, 0.2) is 9.79 Å². The van der Waals surface area contributed by atoms with Crippen molar-refractivity contribution in [2.75, 3.05) is 5.73 Å². The van der Waals surface area contributed by atoms with Gasteiger partial charge < -0.3 is 5.73 Å². The normalized spacial score (nSPS) is 10.5. The third-order valence-corrected chi connectivity index (χ3v) is 3.64. The van der Waals surface area contributed by atoms with Gasteiger partial charge in [-0.25, -0.2) is 0 Å². The molecule has 0 aliphatic rings. The van der Waals surface area contributed by atoms with E-state index in [4.69, 9.17) is 5.73 Å². The van der Waals surface area contributed by atoms with Crippen LogP contribution in [-0.4, -0.2) is 0 Å². The highest BCUT2D eigenvalue weighted by molar-refractivity contribution is 7.81. The number of rotatable bonds is 1. The number of benzene rings is 1. The zero-order valence-electron chi connectivity index (χ0n) is 8.18. The smallest absolute Gasteiger partial charge is 0.0493 e. The maximum atomic E-state index is 5.90. The summed E-state index contributed by atoms with van der Waals surface area (Å²) in [7, 11) is 0. The van der Waals surface area contributed by atoms with Gasteiger partial charge in [-0.05, 0) is 37.0 Å². The quantitative estimate of drug-likeness (QED) is 0.485. The molecule has 0 radical (unpaired) electrons. The van der Waals surface area contributed by atoms with Gasteiger partial charge in [0.15, 0.2) is 0 Å². The number of nitrogens with two attached hydrogens (primary N) is 1. The molecule has 0 amide bonds. The van der Waals surface area contributed by atoms with Gasteiger partial charge in [-0.2, -0.15) is 0 Å². The maximum Gasteiger partial charge on any atom is 0.0493 e. The lowest BCUT2D eigenvalue weighted by molar-refractivity contribution is 1.02. The molecule has 0 spiro atoms. The molecule has 0 unspecified atom stereocenters. The number of hydrogen-bond donors (Lipinski definition) is 3. The Bertz CT molecular complexity index is 316. The van der Waals surface area contributed by atoms with E-state index in [1.165, 1.54) is 11.1 Å². The molecular weight excluding hydrogens is 198 g/mol. The molecular formula is C10H15NS2. The molecule has 72 valence electrons. The van der Waals surface area contributed by atoms with Gasteiger partial charge in [-0.1, -0.05) is 6.92 Å². The van der Waals surface area contributed by atoms with Crippen molar-refractivity contribution in [1.29, 1.82) is 0 Å². The molecule has 0 saturated carbocycles. The highest BCUT2D eigenvalue weighted by atomic mass is 32.1. The summed E-state index contributed by atoms with van der Waals surface area (Å²) in [5, 5.41) is 0. The molecule has 2 N–H and O–H groups in total. The molecule has 0 heterocycles. The minimum absolute atomic E-state index is 0.760. The topological polar surface area (TPSA) is 26.0 Å². The average molecular weight is 213 g/mol. The van der Waals surface area contributed by atoms with Crippen LogP contribution in [-0.2, 0) is 6.42 Å². The Labute approximate surface area is 90.5 Å². The third-order valence-electron chi connectivity index (χ3n) is 2.46. The summed E-state index contributed by atoms with van der Waals surface area (Å²) >= 11 is 8.86. The Balaban J connectivity index is 3.56. The fraction of sp³-hybridized carbons (Fsp3) is 0.400. The van der Waals surface area contributed by atoms with E-state index in [1.807, 2.05) is 6.92 Å². The van der Waals surface area contributed by atoms with Crippen LogP contribution in [0.4, 0.5) is 5.69 Å². The van der Waals surface area contributed by atoms with Crippen LogP contribution in [0.25, 0.3) is 0 Å². The van der Waals surface area contributed by atoms with Crippen molar-refractivity contribution in [3.05, 3.63) is 16.7 Å². The van der Waals surface area contributed by atoms with Crippen LogP contribution in [0.2, 0.25) is 0 Å². The minimum atomic E-state index is 0.760.